The van der Waals surface area contributed by atoms with Crippen LogP contribution in [0.4, 0.5) is 0 Å². The van der Waals surface area contributed by atoms with Gasteiger partial charge in [-0.25, -0.2) is 0 Å². The number of Topliss-reactive ketones (excluding diaryl/α,β-unsaturated/α-hetero) is 1. The fraction of sp³-hybridized carbons (Fsp3) is 0.450. The maximum Gasteiger partial charge on any atom is 0.193 e. The van der Waals surface area contributed by atoms with Gasteiger partial charge in [-0.05, 0) is 63.5 Å². The number of hydrogen-bond donors (Lipinski definition) is 0. The number of ether oxygens (including phenoxy) is 1. The molecule has 0 aromatic heterocycles. The van der Waals surface area contributed by atoms with E-state index in [0.29, 0.717) is 5.57 Å². The van der Waals surface area contributed by atoms with Crippen LogP contribution in [0.2, 0.25) is 0 Å². The lowest BCUT2D eigenvalue weighted by molar-refractivity contribution is 0.0555. The van der Waals surface area contributed by atoms with Crippen LogP contribution in [0.25, 0.3) is 5.76 Å². The highest BCUT2D eigenvalue weighted by molar-refractivity contribution is 6.18. The molecule has 0 bridgehead atoms. The molecule has 1 heterocycles. The van der Waals surface area contributed by atoms with Crippen molar-refractivity contribution in [1.82, 2.24) is 0 Å². The monoisotopic (exact) mass is 294 g/mol. The molecule has 1 aromatic rings. The average molecular weight is 294 g/mol. The van der Waals surface area contributed by atoms with Crippen LogP contribution >= 0.6 is 0 Å². The van der Waals surface area contributed by atoms with Crippen LogP contribution in [0.3, 0.4) is 0 Å². The summed E-state index contributed by atoms with van der Waals surface area (Å²) >= 11 is 0. The molecule has 2 heteroatoms. The minimum Gasteiger partial charge on any atom is -0.487 e. The van der Waals surface area contributed by atoms with Gasteiger partial charge in [-0.1, -0.05) is 18.7 Å². The Labute approximate surface area is 131 Å². The molecule has 0 spiro atoms. The first-order chi connectivity index (χ1) is 10.5. The smallest absolute Gasteiger partial charge is 0.193 e. The van der Waals surface area contributed by atoms with Gasteiger partial charge in [0.15, 0.2) is 5.78 Å². The molecule has 0 unspecified atom stereocenters. The van der Waals surface area contributed by atoms with E-state index in [2.05, 4.69) is 32.6 Å². The van der Waals surface area contributed by atoms with Crippen molar-refractivity contribution in [3.05, 3.63) is 52.1 Å². The van der Waals surface area contributed by atoms with Crippen molar-refractivity contribution in [2.24, 2.45) is 0 Å². The van der Waals surface area contributed by atoms with Crippen molar-refractivity contribution in [2.75, 3.05) is 0 Å². The van der Waals surface area contributed by atoms with Gasteiger partial charge >= 0.3 is 0 Å². The van der Waals surface area contributed by atoms with E-state index in [1.54, 1.807) is 0 Å². The Morgan fingerprint density at radius 1 is 1.14 bits per heavy atom. The highest BCUT2D eigenvalue weighted by Gasteiger charge is 2.38. The molecule has 0 saturated carbocycles. The molecule has 0 radical (unpaired) electrons. The molecule has 1 aromatic carbocycles. The van der Waals surface area contributed by atoms with Crippen molar-refractivity contribution >= 4 is 11.5 Å². The van der Waals surface area contributed by atoms with Crippen molar-refractivity contribution in [3.63, 3.8) is 0 Å². The van der Waals surface area contributed by atoms with Crippen LogP contribution < -0.4 is 0 Å². The van der Waals surface area contributed by atoms with Gasteiger partial charge in [0.25, 0.3) is 0 Å². The third kappa shape index (κ3) is 1.89. The molecular formula is C20H22O2. The van der Waals surface area contributed by atoms with E-state index >= 15 is 0 Å². The second kappa shape index (κ2) is 4.58. The fourth-order valence-electron chi connectivity index (χ4n) is 4.00. The van der Waals surface area contributed by atoms with E-state index in [-0.39, 0.29) is 11.4 Å². The largest absolute Gasteiger partial charge is 0.487 e. The number of rotatable bonds is 0. The van der Waals surface area contributed by atoms with E-state index in [1.165, 1.54) is 24.0 Å². The quantitative estimate of drug-likeness (QED) is 0.653. The Hall–Kier alpha value is -1.83. The van der Waals surface area contributed by atoms with E-state index in [0.717, 1.165) is 48.1 Å². The standard InChI is InChI=1S/C20H22O2/c1-12-14-10-11-20(2,3)22-19(14)16-9-8-13-6-4-5-7-15(13)17(16)18(12)21/h8-9H,1,4-7,10-11H2,2-3H3. The molecule has 2 nitrogen and oxygen atoms in total. The summed E-state index contributed by atoms with van der Waals surface area (Å²) in [5.41, 5.74) is 5.95. The lowest BCUT2D eigenvalue weighted by Crippen LogP contribution is -2.32. The SMILES string of the molecule is C=C1C(=O)c2c(ccc3c2CCCC3)C2=C1CCC(C)(C)O2. The third-order valence-corrected chi connectivity index (χ3v) is 5.27. The van der Waals surface area contributed by atoms with Gasteiger partial charge in [-0.2, -0.15) is 0 Å². The van der Waals surface area contributed by atoms with E-state index < -0.39 is 0 Å². The number of allylic oxidation sites excluding steroid dienone is 2. The first-order valence-corrected chi connectivity index (χ1v) is 8.29. The van der Waals surface area contributed by atoms with Crippen LogP contribution in [0.15, 0.2) is 29.9 Å². The van der Waals surface area contributed by atoms with Gasteiger partial charge in [0.1, 0.15) is 11.4 Å². The number of carbonyl (C=O) groups excluding carboxylic acids is 1. The number of hydrogen-bond acceptors (Lipinski definition) is 2. The second-order valence-electron chi connectivity index (χ2n) is 7.31. The van der Waals surface area contributed by atoms with Crippen LogP contribution in [-0.2, 0) is 17.6 Å². The van der Waals surface area contributed by atoms with Gasteiger partial charge in [-0.15, -0.1) is 0 Å². The Balaban J connectivity index is 1.96. The summed E-state index contributed by atoms with van der Waals surface area (Å²) in [7, 11) is 0. The molecule has 114 valence electrons. The van der Waals surface area contributed by atoms with Gasteiger partial charge in [0.05, 0.1) is 0 Å². The molecule has 0 atom stereocenters. The van der Waals surface area contributed by atoms with Crippen molar-refractivity contribution in [2.45, 2.75) is 58.0 Å². The Kier molecular flexibility index (Phi) is 2.87. The number of aryl methyl sites for hydroxylation is 1. The van der Waals surface area contributed by atoms with E-state index in [1.807, 2.05) is 0 Å². The highest BCUT2D eigenvalue weighted by Crippen LogP contribution is 2.45. The number of fused-ring (bicyclic) bond motifs is 4. The molecule has 0 fully saturated rings. The second-order valence-corrected chi connectivity index (χ2v) is 7.31. The molecule has 0 amide bonds. The van der Waals surface area contributed by atoms with Crippen molar-refractivity contribution in [3.8, 4) is 0 Å². The summed E-state index contributed by atoms with van der Waals surface area (Å²) in [4.78, 5) is 12.9. The molecule has 3 aliphatic rings. The Bertz CT molecular complexity index is 734. The zero-order valence-electron chi connectivity index (χ0n) is 13.4. The van der Waals surface area contributed by atoms with Gasteiger partial charge in [0.2, 0.25) is 0 Å². The molecule has 22 heavy (non-hydrogen) atoms. The van der Waals surface area contributed by atoms with Crippen LogP contribution in [0, 0.1) is 0 Å². The first kappa shape index (κ1) is 13.8. The summed E-state index contributed by atoms with van der Waals surface area (Å²) in [5, 5.41) is 0. The van der Waals surface area contributed by atoms with Crippen LogP contribution in [0.5, 0.6) is 0 Å². The number of benzene rings is 1. The lowest BCUT2D eigenvalue weighted by atomic mass is 9.76. The van der Waals surface area contributed by atoms with Crippen LogP contribution in [-0.4, -0.2) is 11.4 Å². The predicted molar refractivity (Wildman–Crippen MR) is 87.9 cm³/mol. The average Bonchev–Trinajstić information content (AvgIpc) is 2.50. The zero-order chi connectivity index (χ0) is 15.5. The van der Waals surface area contributed by atoms with Gasteiger partial charge in [-0.3, -0.25) is 4.79 Å². The Morgan fingerprint density at radius 2 is 1.91 bits per heavy atom. The van der Waals surface area contributed by atoms with E-state index in [9.17, 15) is 4.79 Å². The number of carbonyl (C=O) groups is 1. The van der Waals surface area contributed by atoms with Gasteiger partial charge in [0, 0.05) is 22.3 Å². The summed E-state index contributed by atoms with van der Waals surface area (Å²) < 4.78 is 6.28. The maximum atomic E-state index is 12.9. The summed E-state index contributed by atoms with van der Waals surface area (Å²) in [6, 6.07) is 4.30. The normalized spacial score (nSPS) is 22.6. The first-order valence-electron chi connectivity index (χ1n) is 8.29. The molecule has 1 aliphatic heterocycles. The molecule has 0 saturated heterocycles. The Morgan fingerprint density at radius 3 is 2.73 bits per heavy atom. The van der Waals surface area contributed by atoms with Crippen LogP contribution in [0.1, 0.15) is 66.6 Å². The lowest BCUT2D eigenvalue weighted by Gasteiger charge is -2.38. The molecule has 0 N–H and O–H groups in total. The number of ketones is 1. The third-order valence-electron chi connectivity index (χ3n) is 5.27. The predicted octanol–water partition coefficient (Wildman–Crippen LogP) is 4.62. The molecular weight excluding hydrogens is 272 g/mol. The van der Waals surface area contributed by atoms with Gasteiger partial charge < -0.3 is 4.74 Å². The summed E-state index contributed by atoms with van der Waals surface area (Å²) in [6.07, 6.45) is 6.28. The summed E-state index contributed by atoms with van der Waals surface area (Å²) in [5.74, 6) is 1.03. The molecule has 4 rings (SSSR count). The molecule has 2 aliphatic carbocycles. The minimum absolute atomic E-state index is 0.121. The topological polar surface area (TPSA) is 26.3 Å². The fourth-order valence-corrected chi connectivity index (χ4v) is 4.00. The minimum atomic E-state index is -0.174. The van der Waals surface area contributed by atoms with Crippen molar-refractivity contribution < 1.29 is 9.53 Å². The van der Waals surface area contributed by atoms with Crippen molar-refractivity contribution in [1.29, 1.82) is 0 Å². The highest BCUT2D eigenvalue weighted by atomic mass is 16.5. The zero-order valence-corrected chi connectivity index (χ0v) is 13.4. The summed E-state index contributed by atoms with van der Waals surface area (Å²) in [6.45, 7) is 8.33. The van der Waals surface area contributed by atoms with E-state index in [4.69, 9.17) is 4.74 Å². The maximum absolute atomic E-state index is 12.9.